The van der Waals surface area contributed by atoms with Crippen LogP contribution in [0.25, 0.3) is 0 Å². The van der Waals surface area contributed by atoms with Crippen molar-refractivity contribution in [3.8, 4) is 0 Å². The summed E-state index contributed by atoms with van der Waals surface area (Å²) in [6, 6.07) is 6.10. The molecule has 1 saturated heterocycles. The molecule has 0 radical (unpaired) electrons. The largest absolute Gasteiger partial charge is 0.370 e. The zero-order chi connectivity index (χ0) is 15.5. The van der Waals surface area contributed by atoms with Gasteiger partial charge < -0.3 is 4.74 Å². The summed E-state index contributed by atoms with van der Waals surface area (Å²) in [5, 5.41) is 21.8. The van der Waals surface area contributed by atoms with Gasteiger partial charge in [-0.1, -0.05) is 0 Å². The van der Waals surface area contributed by atoms with Crippen LogP contribution >= 0.6 is 12.2 Å². The Kier molecular flexibility index (Phi) is 4.07. The van der Waals surface area contributed by atoms with Crippen molar-refractivity contribution in [2.45, 2.75) is 18.9 Å². The lowest BCUT2D eigenvalue weighted by Crippen LogP contribution is -2.05. The molecular weight excluding hydrogens is 306 g/mol. The molecule has 1 aromatic carbocycles. The first kappa shape index (κ1) is 14.5. The van der Waals surface area contributed by atoms with Crippen molar-refractivity contribution in [1.82, 2.24) is 14.9 Å². The molecule has 1 aromatic heterocycles. The highest BCUT2D eigenvalue weighted by Gasteiger charge is 2.23. The second kappa shape index (κ2) is 6.16. The lowest BCUT2D eigenvalue weighted by Gasteiger charge is -2.07. The molecule has 0 bridgehead atoms. The molecule has 22 heavy (non-hydrogen) atoms. The Bertz CT molecular complexity index is 759. The number of nitrogens with zero attached hydrogens (tertiary/aromatic N) is 4. The number of nitro benzene ring substituents is 1. The van der Waals surface area contributed by atoms with Crippen molar-refractivity contribution in [3.05, 3.63) is 50.5 Å². The number of ether oxygens (including phenoxy) is 1. The fraction of sp³-hybridized carbons (Fsp3) is 0.308. The molecule has 1 aliphatic heterocycles. The van der Waals surface area contributed by atoms with Crippen molar-refractivity contribution in [2.24, 2.45) is 5.10 Å². The Morgan fingerprint density at radius 3 is 2.91 bits per heavy atom. The quantitative estimate of drug-likeness (QED) is 0.404. The Morgan fingerprint density at radius 2 is 2.27 bits per heavy atom. The highest BCUT2D eigenvalue weighted by molar-refractivity contribution is 7.71. The second-order valence-electron chi connectivity index (χ2n) is 4.79. The van der Waals surface area contributed by atoms with Crippen LogP contribution in [0.3, 0.4) is 0 Å². The van der Waals surface area contributed by atoms with Gasteiger partial charge in [-0.3, -0.25) is 15.2 Å². The van der Waals surface area contributed by atoms with E-state index >= 15 is 0 Å². The van der Waals surface area contributed by atoms with E-state index in [1.54, 1.807) is 18.3 Å². The van der Waals surface area contributed by atoms with Gasteiger partial charge in [0, 0.05) is 18.7 Å². The summed E-state index contributed by atoms with van der Waals surface area (Å²) in [5.41, 5.74) is 0.768. The lowest BCUT2D eigenvalue weighted by atomic mass is 10.2. The summed E-state index contributed by atoms with van der Waals surface area (Å²) in [5.74, 6) is 0.640. The number of rotatable bonds is 4. The Balaban J connectivity index is 1.84. The minimum absolute atomic E-state index is 0.0390. The number of benzene rings is 1. The Morgan fingerprint density at radius 1 is 1.50 bits per heavy atom. The standard InChI is InChI=1S/C13H13N5O3S/c19-18(20)10-5-3-9(4-6-10)8-14-17-12(15-16-13(17)22)11-2-1-7-21-11/h3-6,8,11H,1-2,7H2,(H,16,22)/b14-8-/t11-/m1/s1. The van der Waals surface area contributed by atoms with Crippen LogP contribution in [0.2, 0.25) is 0 Å². The number of hydrogen-bond donors (Lipinski definition) is 1. The minimum atomic E-state index is -0.442. The molecule has 0 amide bonds. The molecule has 114 valence electrons. The molecule has 9 heteroatoms. The van der Waals surface area contributed by atoms with Crippen molar-refractivity contribution in [3.63, 3.8) is 0 Å². The molecule has 3 rings (SSSR count). The predicted octanol–water partition coefficient (Wildman–Crippen LogP) is 2.58. The molecule has 0 unspecified atom stereocenters. The number of nitro groups is 1. The van der Waals surface area contributed by atoms with E-state index in [1.807, 2.05) is 0 Å². The van der Waals surface area contributed by atoms with E-state index < -0.39 is 4.92 Å². The van der Waals surface area contributed by atoms with Crippen LogP contribution in [0.15, 0.2) is 29.4 Å². The monoisotopic (exact) mass is 319 g/mol. The predicted molar refractivity (Wildman–Crippen MR) is 81.4 cm³/mol. The van der Waals surface area contributed by atoms with Gasteiger partial charge >= 0.3 is 0 Å². The van der Waals surface area contributed by atoms with Crippen LogP contribution in [0.4, 0.5) is 5.69 Å². The summed E-state index contributed by atoms with van der Waals surface area (Å²) in [6.07, 6.45) is 3.33. The van der Waals surface area contributed by atoms with Gasteiger partial charge in [-0.05, 0) is 42.8 Å². The number of aromatic nitrogens is 3. The number of hydrogen-bond acceptors (Lipinski definition) is 6. The van der Waals surface area contributed by atoms with E-state index in [2.05, 4.69) is 15.3 Å². The number of nitrogens with one attached hydrogen (secondary N) is 1. The van der Waals surface area contributed by atoms with Gasteiger partial charge in [-0.15, -0.1) is 0 Å². The molecule has 8 nitrogen and oxygen atoms in total. The fourth-order valence-electron chi connectivity index (χ4n) is 2.21. The molecule has 2 aromatic rings. The molecule has 1 N–H and O–H groups in total. The maximum Gasteiger partial charge on any atom is 0.269 e. The molecule has 2 heterocycles. The smallest absolute Gasteiger partial charge is 0.269 e. The van der Waals surface area contributed by atoms with Crippen molar-refractivity contribution < 1.29 is 9.66 Å². The molecule has 0 spiro atoms. The van der Waals surface area contributed by atoms with Crippen LogP contribution < -0.4 is 0 Å². The molecular formula is C13H13N5O3S. The topological polar surface area (TPSA) is 98.3 Å². The first-order valence-electron chi connectivity index (χ1n) is 6.73. The third-order valence-electron chi connectivity index (χ3n) is 3.32. The number of H-pyrrole nitrogens is 1. The minimum Gasteiger partial charge on any atom is -0.370 e. The van der Waals surface area contributed by atoms with E-state index in [9.17, 15) is 10.1 Å². The van der Waals surface area contributed by atoms with Crippen LogP contribution in [-0.4, -0.2) is 32.6 Å². The first-order chi connectivity index (χ1) is 10.6. The van der Waals surface area contributed by atoms with Gasteiger partial charge in [0.1, 0.15) is 6.10 Å². The van der Waals surface area contributed by atoms with Crippen molar-refractivity contribution >= 4 is 24.1 Å². The highest BCUT2D eigenvalue weighted by atomic mass is 32.1. The fourth-order valence-corrected chi connectivity index (χ4v) is 2.40. The van der Waals surface area contributed by atoms with Crippen LogP contribution in [0.1, 0.15) is 30.3 Å². The third-order valence-corrected chi connectivity index (χ3v) is 3.58. The van der Waals surface area contributed by atoms with E-state index in [0.717, 1.165) is 18.4 Å². The lowest BCUT2D eigenvalue weighted by molar-refractivity contribution is -0.384. The van der Waals surface area contributed by atoms with Gasteiger partial charge in [0.05, 0.1) is 11.1 Å². The molecule has 1 aliphatic rings. The zero-order valence-electron chi connectivity index (χ0n) is 11.5. The Hall–Kier alpha value is -2.39. The normalized spacial score (nSPS) is 18.1. The molecule has 0 saturated carbocycles. The summed E-state index contributed by atoms with van der Waals surface area (Å²) >= 11 is 5.16. The molecule has 0 aliphatic carbocycles. The van der Waals surface area contributed by atoms with Gasteiger partial charge in [-0.2, -0.15) is 14.9 Å². The van der Waals surface area contributed by atoms with Gasteiger partial charge in [0.15, 0.2) is 5.82 Å². The van der Waals surface area contributed by atoms with E-state index in [0.29, 0.717) is 17.2 Å². The van der Waals surface area contributed by atoms with Gasteiger partial charge in [0.25, 0.3) is 5.69 Å². The summed E-state index contributed by atoms with van der Waals surface area (Å²) in [4.78, 5) is 10.2. The van der Waals surface area contributed by atoms with Crippen LogP contribution in [0.5, 0.6) is 0 Å². The first-order valence-corrected chi connectivity index (χ1v) is 7.14. The summed E-state index contributed by atoms with van der Waals surface area (Å²) < 4.78 is 7.49. The molecule has 1 atom stereocenters. The maximum absolute atomic E-state index is 10.6. The SMILES string of the molecule is O=[N+]([O-])c1ccc(/C=N\n2c([C@H]3CCCO3)n[nH]c2=S)cc1. The van der Waals surface area contributed by atoms with Gasteiger partial charge in [0.2, 0.25) is 4.77 Å². The van der Waals surface area contributed by atoms with Crippen LogP contribution in [0, 0.1) is 14.9 Å². The number of non-ortho nitro benzene ring substituents is 1. The summed E-state index contributed by atoms with van der Waals surface area (Å²) in [7, 11) is 0. The maximum atomic E-state index is 10.6. The van der Waals surface area contributed by atoms with E-state index in [-0.39, 0.29) is 11.8 Å². The average molecular weight is 319 g/mol. The second-order valence-corrected chi connectivity index (χ2v) is 5.18. The van der Waals surface area contributed by atoms with Crippen LogP contribution in [-0.2, 0) is 4.74 Å². The highest BCUT2D eigenvalue weighted by Crippen LogP contribution is 2.26. The van der Waals surface area contributed by atoms with E-state index in [1.165, 1.54) is 16.8 Å². The Labute approximate surface area is 130 Å². The zero-order valence-corrected chi connectivity index (χ0v) is 12.3. The van der Waals surface area contributed by atoms with E-state index in [4.69, 9.17) is 17.0 Å². The third kappa shape index (κ3) is 2.95. The molecule has 1 fully saturated rings. The average Bonchev–Trinajstić information content (AvgIpc) is 3.15. The summed E-state index contributed by atoms with van der Waals surface area (Å²) in [6.45, 7) is 0.705. The van der Waals surface area contributed by atoms with Crippen molar-refractivity contribution in [2.75, 3.05) is 6.61 Å². The van der Waals surface area contributed by atoms with Crippen molar-refractivity contribution in [1.29, 1.82) is 0 Å². The van der Waals surface area contributed by atoms with Gasteiger partial charge in [-0.25, -0.2) is 0 Å². The number of aromatic amines is 1.